The van der Waals surface area contributed by atoms with Crippen molar-refractivity contribution in [3.05, 3.63) is 110 Å². The number of allylic oxidation sites excluding steroid dienone is 1. The Labute approximate surface area is 223 Å². The average molecular weight is 564 g/mol. The van der Waals surface area contributed by atoms with Crippen LogP contribution in [0.4, 0.5) is 4.39 Å². The molecule has 0 atom stereocenters. The molecule has 4 aromatic rings. The molecule has 1 aromatic heterocycles. The van der Waals surface area contributed by atoms with Crippen molar-refractivity contribution in [1.82, 2.24) is 9.66 Å². The Kier molecular flexibility index (Phi) is 8.18. The lowest BCUT2D eigenvalue weighted by Crippen LogP contribution is -2.23. The van der Waals surface area contributed by atoms with Crippen molar-refractivity contribution in [1.29, 1.82) is 0 Å². The van der Waals surface area contributed by atoms with E-state index in [0.717, 1.165) is 10.0 Å². The fraction of sp³-hybridized carbons (Fsp3) is 0.207. The van der Waals surface area contributed by atoms with E-state index >= 15 is 0 Å². The predicted molar refractivity (Wildman–Crippen MR) is 148 cm³/mol. The molecule has 3 aromatic carbocycles. The largest absolute Gasteiger partial charge is 0.493 e. The number of aromatic nitrogens is 2. The van der Waals surface area contributed by atoms with Gasteiger partial charge in [-0.2, -0.15) is 9.78 Å². The predicted octanol–water partition coefficient (Wildman–Crippen LogP) is 6.62. The van der Waals surface area contributed by atoms with Gasteiger partial charge in [-0.05, 0) is 48.4 Å². The molecule has 37 heavy (non-hydrogen) atoms. The highest BCUT2D eigenvalue weighted by Crippen LogP contribution is 2.34. The standard InChI is InChI=1S/C29H27BrFN3O3/c1-5-8-20-13-19(14-26(36-4)27(20)37-17-21-9-6-7-10-24(21)31)16-32-34-28(18(2)3)33-25-12-11-22(30)15-23(25)29(34)35/h5-7,9-16,18H,1,8,17H2,2-4H3. The number of rotatable bonds is 9. The monoisotopic (exact) mass is 563 g/mol. The zero-order chi connectivity index (χ0) is 26.5. The molecule has 0 unspecified atom stereocenters. The molecule has 0 aliphatic rings. The van der Waals surface area contributed by atoms with E-state index in [1.807, 2.05) is 32.0 Å². The van der Waals surface area contributed by atoms with Crippen LogP contribution in [-0.4, -0.2) is 23.0 Å². The van der Waals surface area contributed by atoms with Gasteiger partial charge >= 0.3 is 0 Å². The molecule has 190 valence electrons. The highest BCUT2D eigenvalue weighted by Gasteiger charge is 2.16. The SMILES string of the molecule is C=CCc1cc(C=Nn2c(C(C)C)nc3ccc(Br)cc3c2=O)cc(OC)c1OCc1ccccc1F. The molecule has 6 nitrogen and oxygen atoms in total. The minimum atomic E-state index is -0.335. The smallest absolute Gasteiger partial charge is 0.282 e. The van der Waals surface area contributed by atoms with Crippen LogP contribution < -0.4 is 15.0 Å². The number of hydrogen-bond donors (Lipinski definition) is 0. The molecule has 0 saturated heterocycles. The molecule has 0 aliphatic carbocycles. The van der Waals surface area contributed by atoms with Crippen LogP contribution in [0.5, 0.6) is 11.5 Å². The number of ether oxygens (including phenoxy) is 2. The third-order valence-corrected chi connectivity index (χ3v) is 6.23. The third kappa shape index (κ3) is 5.80. The molecule has 0 aliphatic heterocycles. The summed E-state index contributed by atoms with van der Waals surface area (Å²) in [6.07, 6.45) is 3.83. The van der Waals surface area contributed by atoms with E-state index in [1.54, 1.807) is 42.6 Å². The number of nitrogens with zero attached hydrogens (tertiary/aromatic N) is 3. The molecule has 0 radical (unpaired) electrons. The van der Waals surface area contributed by atoms with Gasteiger partial charge in [0.25, 0.3) is 5.56 Å². The topological polar surface area (TPSA) is 65.7 Å². The third-order valence-electron chi connectivity index (χ3n) is 5.74. The summed E-state index contributed by atoms with van der Waals surface area (Å²) in [7, 11) is 1.54. The summed E-state index contributed by atoms with van der Waals surface area (Å²) < 4.78 is 27.8. The zero-order valence-electron chi connectivity index (χ0n) is 20.9. The molecule has 4 rings (SSSR count). The fourth-order valence-electron chi connectivity index (χ4n) is 3.92. The first-order valence-electron chi connectivity index (χ1n) is 11.8. The summed E-state index contributed by atoms with van der Waals surface area (Å²) in [5, 5.41) is 4.99. The summed E-state index contributed by atoms with van der Waals surface area (Å²) in [4.78, 5) is 18.0. The van der Waals surface area contributed by atoms with Crippen molar-refractivity contribution in [2.75, 3.05) is 7.11 Å². The van der Waals surface area contributed by atoms with Gasteiger partial charge in [0.1, 0.15) is 18.2 Å². The normalized spacial score (nSPS) is 11.4. The van der Waals surface area contributed by atoms with Crippen molar-refractivity contribution >= 4 is 33.0 Å². The summed E-state index contributed by atoms with van der Waals surface area (Å²) >= 11 is 3.42. The van der Waals surface area contributed by atoms with Crippen LogP contribution in [0, 0.1) is 5.82 Å². The number of hydrogen-bond acceptors (Lipinski definition) is 5. The van der Waals surface area contributed by atoms with Gasteiger partial charge in [-0.1, -0.05) is 54.1 Å². The average Bonchev–Trinajstić information content (AvgIpc) is 2.88. The number of halogens is 2. The molecule has 0 spiro atoms. The van der Waals surface area contributed by atoms with Gasteiger partial charge in [-0.3, -0.25) is 4.79 Å². The van der Waals surface area contributed by atoms with Gasteiger partial charge in [0, 0.05) is 21.5 Å². The Hall–Kier alpha value is -3.78. The maximum absolute atomic E-state index is 14.1. The summed E-state index contributed by atoms with van der Waals surface area (Å²) in [6, 6.07) is 15.5. The van der Waals surface area contributed by atoms with E-state index < -0.39 is 0 Å². The van der Waals surface area contributed by atoms with Gasteiger partial charge in [-0.15, -0.1) is 6.58 Å². The van der Waals surface area contributed by atoms with Crippen molar-refractivity contribution in [3.8, 4) is 11.5 Å². The first-order valence-corrected chi connectivity index (χ1v) is 12.6. The maximum atomic E-state index is 14.1. The van der Waals surface area contributed by atoms with Crippen LogP contribution >= 0.6 is 15.9 Å². The Morgan fingerprint density at radius 2 is 1.95 bits per heavy atom. The van der Waals surface area contributed by atoms with E-state index in [9.17, 15) is 9.18 Å². The van der Waals surface area contributed by atoms with Gasteiger partial charge < -0.3 is 9.47 Å². The molecule has 0 amide bonds. The molecule has 1 heterocycles. The quantitative estimate of drug-likeness (QED) is 0.169. The van der Waals surface area contributed by atoms with Gasteiger partial charge in [0.15, 0.2) is 11.5 Å². The van der Waals surface area contributed by atoms with Crippen LogP contribution in [-0.2, 0) is 13.0 Å². The van der Waals surface area contributed by atoms with E-state index in [1.165, 1.54) is 17.9 Å². The number of benzene rings is 3. The van der Waals surface area contributed by atoms with Gasteiger partial charge in [0.2, 0.25) is 0 Å². The van der Waals surface area contributed by atoms with Crippen molar-refractivity contribution in [2.24, 2.45) is 5.10 Å². The highest BCUT2D eigenvalue weighted by molar-refractivity contribution is 9.10. The first kappa shape index (κ1) is 26.3. The van der Waals surface area contributed by atoms with E-state index in [4.69, 9.17) is 9.47 Å². The summed E-state index contributed by atoms with van der Waals surface area (Å²) in [5.74, 6) is 1.16. The van der Waals surface area contributed by atoms with Crippen LogP contribution in [0.1, 0.15) is 42.3 Å². The second-order valence-electron chi connectivity index (χ2n) is 8.73. The summed E-state index contributed by atoms with van der Waals surface area (Å²) in [5.41, 5.74) is 2.30. The maximum Gasteiger partial charge on any atom is 0.282 e. The highest BCUT2D eigenvalue weighted by atomic mass is 79.9. The lowest BCUT2D eigenvalue weighted by Gasteiger charge is -2.16. The Morgan fingerprint density at radius 3 is 2.65 bits per heavy atom. The second-order valence-corrected chi connectivity index (χ2v) is 9.65. The van der Waals surface area contributed by atoms with Crippen molar-refractivity contribution < 1.29 is 13.9 Å². The van der Waals surface area contributed by atoms with Crippen LogP contribution in [0.15, 0.2) is 81.6 Å². The minimum absolute atomic E-state index is 0.0297. The molecular formula is C29H27BrFN3O3. The minimum Gasteiger partial charge on any atom is -0.493 e. The van der Waals surface area contributed by atoms with E-state index in [2.05, 4.69) is 32.6 Å². The lowest BCUT2D eigenvalue weighted by molar-refractivity contribution is 0.277. The second kappa shape index (κ2) is 11.5. The lowest BCUT2D eigenvalue weighted by atomic mass is 10.1. The Balaban J connectivity index is 1.75. The number of fused-ring (bicyclic) bond motifs is 1. The fourth-order valence-corrected chi connectivity index (χ4v) is 4.28. The van der Waals surface area contributed by atoms with Gasteiger partial charge in [-0.25, -0.2) is 9.37 Å². The van der Waals surface area contributed by atoms with Crippen LogP contribution in [0.25, 0.3) is 10.9 Å². The number of methoxy groups -OCH3 is 1. The van der Waals surface area contributed by atoms with Crippen LogP contribution in [0.2, 0.25) is 0 Å². The molecule has 0 fully saturated rings. The van der Waals surface area contributed by atoms with Crippen LogP contribution in [0.3, 0.4) is 0 Å². The zero-order valence-corrected chi connectivity index (χ0v) is 22.5. The van der Waals surface area contributed by atoms with E-state index in [-0.39, 0.29) is 23.9 Å². The van der Waals surface area contributed by atoms with E-state index in [0.29, 0.717) is 45.8 Å². The first-order chi connectivity index (χ1) is 17.8. The van der Waals surface area contributed by atoms with Crippen molar-refractivity contribution in [3.63, 3.8) is 0 Å². The molecule has 0 saturated carbocycles. The Bertz CT molecular complexity index is 1550. The van der Waals surface area contributed by atoms with Gasteiger partial charge in [0.05, 0.1) is 24.2 Å². The molecule has 8 heteroatoms. The molecular weight excluding hydrogens is 537 g/mol. The Morgan fingerprint density at radius 1 is 1.16 bits per heavy atom. The summed E-state index contributed by atoms with van der Waals surface area (Å²) in [6.45, 7) is 7.81. The molecule has 0 bridgehead atoms. The molecule has 0 N–H and O–H groups in total. The van der Waals surface area contributed by atoms with Crippen molar-refractivity contribution in [2.45, 2.75) is 32.8 Å².